The summed E-state index contributed by atoms with van der Waals surface area (Å²) >= 11 is 1.47. The third kappa shape index (κ3) is 4.70. The van der Waals surface area contributed by atoms with E-state index >= 15 is 0 Å². The standard InChI is InChI=1S/C23H26N4OS/c1-15-9-10-16(2)20(13-15)24-22(28)17(3)29-23-26-25-21(19-11-12-19)27(23)14-18-7-5-4-6-8-18/h4-10,13,17,19H,11-12,14H2,1-3H3,(H,24,28)/t17-/m1/s1. The van der Waals surface area contributed by atoms with Crippen LogP contribution < -0.4 is 5.32 Å². The number of benzene rings is 2. The van der Waals surface area contributed by atoms with Gasteiger partial charge in [-0.05, 0) is 56.4 Å². The number of thioether (sulfide) groups is 1. The zero-order chi connectivity index (χ0) is 20.4. The van der Waals surface area contributed by atoms with Gasteiger partial charge in [-0.25, -0.2) is 0 Å². The van der Waals surface area contributed by atoms with Crippen LogP contribution in [0.5, 0.6) is 0 Å². The molecule has 1 saturated carbocycles. The van der Waals surface area contributed by atoms with Crippen molar-refractivity contribution < 1.29 is 4.79 Å². The Bertz CT molecular complexity index is 1010. The van der Waals surface area contributed by atoms with Gasteiger partial charge < -0.3 is 9.88 Å². The lowest BCUT2D eigenvalue weighted by atomic mass is 10.1. The van der Waals surface area contributed by atoms with Crippen LogP contribution in [0, 0.1) is 13.8 Å². The number of nitrogens with one attached hydrogen (secondary N) is 1. The molecule has 150 valence electrons. The van der Waals surface area contributed by atoms with Gasteiger partial charge in [0, 0.05) is 11.6 Å². The van der Waals surface area contributed by atoms with Gasteiger partial charge in [-0.1, -0.05) is 54.2 Å². The van der Waals surface area contributed by atoms with Gasteiger partial charge >= 0.3 is 0 Å². The Morgan fingerprint density at radius 1 is 1.17 bits per heavy atom. The van der Waals surface area contributed by atoms with Crippen LogP contribution in [-0.2, 0) is 11.3 Å². The summed E-state index contributed by atoms with van der Waals surface area (Å²) in [6.45, 7) is 6.68. The smallest absolute Gasteiger partial charge is 0.237 e. The van der Waals surface area contributed by atoms with E-state index in [1.165, 1.54) is 30.2 Å². The molecule has 1 fully saturated rings. The molecule has 6 heteroatoms. The Balaban J connectivity index is 1.51. The minimum Gasteiger partial charge on any atom is -0.325 e. The third-order valence-electron chi connectivity index (χ3n) is 5.17. The van der Waals surface area contributed by atoms with E-state index in [0.29, 0.717) is 5.92 Å². The molecule has 1 amide bonds. The summed E-state index contributed by atoms with van der Waals surface area (Å²) in [4.78, 5) is 12.8. The van der Waals surface area contributed by atoms with E-state index in [1.54, 1.807) is 0 Å². The second-order valence-electron chi connectivity index (χ2n) is 7.75. The van der Waals surface area contributed by atoms with E-state index in [1.807, 2.05) is 51.1 Å². The normalized spacial score (nSPS) is 14.6. The molecule has 1 aromatic heterocycles. The fourth-order valence-electron chi connectivity index (χ4n) is 3.26. The average Bonchev–Trinajstić information content (AvgIpc) is 3.48. The lowest BCUT2D eigenvalue weighted by Gasteiger charge is -2.15. The summed E-state index contributed by atoms with van der Waals surface area (Å²) in [7, 11) is 0. The number of carbonyl (C=O) groups excluding carboxylic acids is 1. The molecule has 0 bridgehead atoms. The van der Waals surface area contributed by atoms with Crippen LogP contribution >= 0.6 is 11.8 Å². The minimum absolute atomic E-state index is 0.0223. The molecule has 5 nitrogen and oxygen atoms in total. The fraction of sp³-hybridized carbons (Fsp3) is 0.348. The lowest BCUT2D eigenvalue weighted by Crippen LogP contribution is -2.23. The van der Waals surface area contributed by atoms with Crippen LogP contribution in [0.4, 0.5) is 5.69 Å². The molecule has 0 aliphatic heterocycles. The van der Waals surface area contributed by atoms with E-state index in [4.69, 9.17) is 0 Å². The van der Waals surface area contributed by atoms with Crippen molar-refractivity contribution in [3.63, 3.8) is 0 Å². The molecular formula is C23H26N4OS. The Labute approximate surface area is 175 Å². The van der Waals surface area contributed by atoms with Gasteiger partial charge in [0.1, 0.15) is 5.82 Å². The Hall–Kier alpha value is -2.60. The predicted molar refractivity (Wildman–Crippen MR) is 117 cm³/mol. The van der Waals surface area contributed by atoms with Crippen LogP contribution in [0.1, 0.15) is 48.2 Å². The first-order chi connectivity index (χ1) is 14.0. The molecule has 2 aromatic carbocycles. The van der Waals surface area contributed by atoms with Gasteiger partial charge in [0.25, 0.3) is 0 Å². The molecule has 0 spiro atoms. The molecule has 1 N–H and O–H groups in total. The SMILES string of the molecule is Cc1ccc(C)c(NC(=O)[C@@H](C)Sc2nnc(C3CC3)n2Cc2ccccc2)c1. The summed E-state index contributed by atoms with van der Waals surface area (Å²) in [6, 6.07) is 16.4. The van der Waals surface area contributed by atoms with Crippen LogP contribution in [0.3, 0.4) is 0 Å². The molecule has 0 saturated heterocycles. The van der Waals surface area contributed by atoms with Gasteiger partial charge in [-0.3, -0.25) is 4.79 Å². The number of nitrogens with zero attached hydrogens (tertiary/aromatic N) is 3. The first kappa shape index (κ1) is 19.7. The quantitative estimate of drug-likeness (QED) is 0.565. The predicted octanol–water partition coefficient (Wildman–Crippen LogP) is 4.94. The van der Waals surface area contributed by atoms with E-state index in [2.05, 4.69) is 38.3 Å². The van der Waals surface area contributed by atoms with E-state index in [9.17, 15) is 4.79 Å². The van der Waals surface area contributed by atoms with Gasteiger partial charge in [0.05, 0.1) is 11.8 Å². The number of carbonyl (C=O) groups is 1. The second kappa shape index (κ2) is 8.41. The number of aromatic nitrogens is 3. The van der Waals surface area contributed by atoms with Gasteiger partial charge in [0.2, 0.25) is 5.91 Å². The van der Waals surface area contributed by atoms with Gasteiger partial charge in [0.15, 0.2) is 5.16 Å². The van der Waals surface area contributed by atoms with E-state index < -0.39 is 0 Å². The second-order valence-corrected chi connectivity index (χ2v) is 9.06. The van der Waals surface area contributed by atoms with E-state index in [0.717, 1.165) is 34.3 Å². The molecule has 0 unspecified atom stereocenters. The summed E-state index contributed by atoms with van der Waals surface area (Å²) in [6.07, 6.45) is 2.33. The molecule has 1 aliphatic rings. The van der Waals surface area contributed by atoms with Crippen LogP contribution in [0.25, 0.3) is 0 Å². The highest BCUT2D eigenvalue weighted by molar-refractivity contribution is 8.00. The van der Waals surface area contributed by atoms with Crippen molar-refractivity contribution in [2.75, 3.05) is 5.32 Å². The molecule has 1 heterocycles. The first-order valence-electron chi connectivity index (χ1n) is 10.0. The maximum atomic E-state index is 12.8. The Morgan fingerprint density at radius 3 is 2.66 bits per heavy atom. The van der Waals surface area contributed by atoms with Gasteiger partial charge in [-0.2, -0.15) is 0 Å². The highest BCUT2D eigenvalue weighted by atomic mass is 32.2. The van der Waals surface area contributed by atoms with Crippen molar-refractivity contribution in [3.8, 4) is 0 Å². The van der Waals surface area contributed by atoms with Crippen LogP contribution in [0.15, 0.2) is 53.7 Å². The largest absolute Gasteiger partial charge is 0.325 e. The topological polar surface area (TPSA) is 59.8 Å². The maximum absolute atomic E-state index is 12.8. The van der Waals surface area contributed by atoms with Gasteiger partial charge in [-0.15, -0.1) is 10.2 Å². The van der Waals surface area contributed by atoms with Crippen LogP contribution in [0.2, 0.25) is 0 Å². The van der Waals surface area contributed by atoms with Crippen molar-refractivity contribution in [1.82, 2.24) is 14.8 Å². The van der Waals surface area contributed by atoms with Crippen molar-refractivity contribution in [3.05, 3.63) is 71.0 Å². The molecule has 3 aromatic rings. The summed E-state index contributed by atoms with van der Waals surface area (Å²) in [5, 5.41) is 12.5. The van der Waals surface area contributed by atoms with Crippen molar-refractivity contribution in [2.24, 2.45) is 0 Å². The van der Waals surface area contributed by atoms with Crippen molar-refractivity contribution >= 4 is 23.4 Å². The molecule has 4 rings (SSSR count). The van der Waals surface area contributed by atoms with Crippen molar-refractivity contribution in [1.29, 1.82) is 0 Å². The highest BCUT2D eigenvalue weighted by Gasteiger charge is 2.31. The number of amides is 1. The lowest BCUT2D eigenvalue weighted by molar-refractivity contribution is -0.115. The zero-order valence-corrected chi connectivity index (χ0v) is 17.9. The minimum atomic E-state index is -0.277. The highest BCUT2D eigenvalue weighted by Crippen LogP contribution is 2.40. The molecule has 1 aliphatic carbocycles. The Morgan fingerprint density at radius 2 is 1.93 bits per heavy atom. The number of rotatable bonds is 7. The van der Waals surface area contributed by atoms with Crippen molar-refractivity contribution in [2.45, 2.75) is 56.5 Å². The van der Waals surface area contributed by atoms with Crippen LogP contribution in [-0.4, -0.2) is 25.9 Å². The maximum Gasteiger partial charge on any atom is 0.237 e. The third-order valence-corrected chi connectivity index (χ3v) is 6.25. The average molecular weight is 407 g/mol. The molecule has 1 atom stereocenters. The van der Waals surface area contributed by atoms with E-state index in [-0.39, 0.29) is 11.2 Å². The monoisotopic (exact) mass is 406 g/mol. The Kier molecular flexibility index (Phi) is 5.72. The number of aryl methyl sites for hydroxylation is 2. The summed E-state index contributed by atoms with van der Waals surface area (Å²) in [5.41, 5.74) is 4.27. The zero-order valence-electron chi connectivity index (χ0n) is 17.1. The summed E-state index contributed by atoms with van der Waals surface area (Å²) in [5.74, 6) is 1.52. The summed E-state index contributed by atoms with van der Waals surface area (Å²) < 4.78 is 2.18. The number of anilines is 1. The number of hydrogen-bond donors (Lipinski definition) is 1. The molecule has 0 radical (unpaired) electrons. The fourth-order valence-corrected chi connectivity index (χ4v) is 4.12. The molecular weight excluding hydrogens is 380 g/mol. The number of hydrogen-bond acceptors (Lipinski definition) is 4. The molecule has 29 heavy (non-hydrogen) atoms. The first-order valence-corrected chi connectivity index (χ1v) is 10.9.